The van der Waals surface area contributed by atoms with Gasteiger partial charge in [0, 0.05) is 18.8 Å². The van der Waals surface area contributed by atoms with Crippen molar-refractivity contribution in [2.75, 3.05) is 18.5 Å². The molecule has 1 aliphatic rings. The Morgan fingerprint density at radius 2 is 2.05 bits per heavy atom. The highest BCUT2D eigenvalue weighted by atomic mass is 16.6. The summed E-state index contributed by atoms with van der Waals surface area (Å²) in [5.74, 6) is -0.284. The van der Waals surface area contributed by atoms with Gasteiger partial charge in [-0.05, 0) is 64.3 Å². The third kappa shape index (κ3) is 5.38. The van der Waals surface area contributed by atoms with Crippen LogP contribution in [0.2, 0.25) is 0 Å². The van der Waals surface area contributed by atoms with Crippen LogP contribution >= 0.6 is 0 Å². The second-order valence-electron chi connectivity index (χ2n) is 6.43. The van der Waals surface area contributed by atoms with Gasteiger partial charge in [-0.1, -0.05) is 0 Å². The smallest absolute Gasteiger partial charge is 0.338 e. The summed E-state index contributed by atoms with van der Waals surface area (Å²) in [7, 11) is 0. The first-order valence-electron chi connectivity index (χ1n) is 7.63. The lowest BCUT2D eigenvalue weighted by molar-refractivity contribution is 0.00696. The molecule has 0 aliphatic carbocycles. The van der Waals surface area contributed by atoms with E-state index in [0.29, 0.717) is 11.7 Å². The molecule has 1 heterocycles. The number of hydrogen-bond donors (Lipinski definition) is 1. The van der Waals surface area contributed by atoms with E-state index < -0.39 is 5.60 Å². The highest BCUT2D eigenvalue weighted by Crippen LogP contribution is 2.17. The average molecular weight is 291 g/mol. The van der Waals surface area contributed by atoms with Gasteiger partial charge < -0.3 is 14.8 Å². The molecule has 1 aliphatic heterocycles. The van der Waals surface area contributed by atoms with Crippen LogP contribution in [0.5, 0.6) is 0 Å². The molecule has 0 aromatic heterocycles. The first kappa shape index (κ1) is 15.8. The topological polar surface area (TPSA) is 47.6 Å². The van der Waals surface area contributed by atoms with Crippen molar-refractivity contribution in [2.24, 2.45) is 0 Å². The molecule has 1 aromatic carbocycles. The third-order valence-electron chi connectivity index (χ3n) is 3.34. The lowest BCUT2D eigenvalue weighted by Gasteiger charge is -2.19. The number of carbonyl (C=O) groups excluding carboxylic acids is 1. The Hall–Kier alpha value is -1.55. The van der Waals surface area contributed by atoms with Crippen LogP contribution in [-0.2, 0) is 9.47 Å². The molecule has 0 saturated carbocycles. The lowest BCUT2D eigenvalue weighted by atomic mass is 10.1. The minimum absolute atomic E-state index is 0.284. The molecule has 0 radical (unpaired) electrons. The maximum absolute atomic E-state index is 11.9. The molecule has 1 saturated heterocycles. The van der Waals surface area contributed by atoms with Gasteiger partial charge in [-0.3, -0.25) is 0 Å². The van der Waals surface area contributed by atoms with E-state index >= 15 is 0 Å². The van der Waals surface area contributed by atoms with Gasteiger partial charge in [0.05, 0.1) is 11.7 Å². The molecule has 1 atom stereocenters. The standard InChI is InChI=1S/C17H25NO3/c1-17(2,3)21-16(19)13-6-8-14(9-7-13)18-11-10-15-5-4-12-20-15/h6-9,15,18H,4-5,10-12H2,1-3H3. The number of benzene rings is 1. The maximum atomic E-state index is 11.9. The highest BCUT2D eigenvalue weighted by Gasteiger charge is 2.17. The highest BCUT2D eigenvalue weighted by molar-refractivity contribution is 5.90. The number of rotatable bonds is 5. The van der Waals surface area contributed by atoms with E-state index in [4.69, 9.17) is 9.47 Å². The lowest BCUT2D eigenvalue weighted by Crippen LogP contribution is -2.23. The van der Waals surface area contributed by atoms with Crippen molar-refractivity contribution in [3.05, 3.63) is 29.8 Å². The summed E-state index contributed by atoms with van der Waals surface area (Å²) in [6, 6.07) is 7.41. The Bertz CT molecular complexity index is 456. The quantitative estimate of drug-likeness (QED) is 0.842. The second-order valence-corrected chi connectivity index (χ2v) is 6.43. The summed E-state index contributed by atoms with van der Waals surface area (Å²) in [6.45, 7) is 7.38. The van der Waals surface area contributed by atoms with Crippen LogP contribution in [-0.4, -0.2) is 30.8 Å². The van der Waals surface area contributed by atoms with Gasteiger partial charge in [-0.15, -0.1) is 0 Å². The van der Waals surface area contributed by atoms with Crippen LogP contribution in [0.15, 0.2) is 24.3 Å². The molecular formula is C17H25NO3. The van der Waals surface area contributed by atoms with Gasteiger partial charge in [0.2, 0.25) is 0 Å². The van der Waals surface area contributed by atoms with Gasteiger partial charge >= 0.3 is 5.97 Å². The van der Waals surface area contributed by atoms with Crippen molar-refractivity contribution < 1.29 is 14.3 Å². The van der Waals surface area contributed by atoms with Crippen molar-refractivity contribution in [3.63, 3.8) is 0 Å². The van der Waals surface area contributed by atoms with Crippen molar-refractivity contribution in [1.29, 1.82) is 0 Å². The molecule has 116 valence electrons. The third-order valence-corrected chi connectivity index (χ3v) is 3.34. The molecule has 1 N–H and O–H groups in total. The Kier molecular flexibility index (Phi) is 5.23. The van der Waals surface area contributed by atoms with Gasteiger partial charge in [-0.25, -0.2) is 4.79 Å². The van der Waals surface area contributed by atoms with E-state index in [9.17, 15) is 4.79 Å². The van der Waals surface area contributed by atoms with Gasteiger partial charge in [0.1, 0.15) is 5.60 Å². The minimum Gasteiger partial charge on any atom is -0.456 e. The molecule has 21 heavy (non-hydrogen) atoms. The fourth-order valence-electron chi connectivity index (χ4n) is 2.31. The van der Waals surface area contributed by atoms with E-state index in [0.717, 1.165) is 25.3 Å². The van der Waals surface area contributed by atoms with Crippen LogP contribution in [0.3, 0.4) is 0 Å². The van der Waals surface area contributed by atoms with E-state index in [1.54, 1.807) is 12.1 Å². The van der Waals surface area contributed by atoms with Crippen LogP contribution in [0.4, 0.5) is 5.69 Å². The normalized spacial score (nSPS) is 18.5. The molecule has 0 amide bonds. The monoisotopic (exact) mass is 291 g/mol. The Morgan fingerprint density at radius 1 is 1.33 bits per heavy atom. The SMILES string of the molecule is CC(C)(C)OC(=O)c1ccc(NCCC2CCCO2)cc1. The summed E-state index contributed by atoms with van der Waals surface area (Å²) in [5, 5.41) is 3.35. The Labute approximate surface area is 126 Å². The van der Waals surface area contributed by atoms with Gasteiger partial charge in [0.15, 0.2) is 0 Å². The van der Waals surface area contributed by atoms with Crippen LogP contribution < -0.4 is 5.32 Å². The Balaban J connectivity index is 1.79. The number of ether oxygens (including phenoxy) is 2. The fraction of sp³-hybridized carbons (Fsp3) is 0.588. The predicted molar refractivity (Wildman–Crippen MR) is 83.7 cm³/mol. The number of hydrogen-bond acceptors (Lipinski definition) is 4. The number of nitrogens with one attached hydrogen (secondary N) is 1. The van der Waals surface area contributed by atoms with Gasteiger partial charge in [0.25, 0.3) is 0 Å². The van der Waals surface area contributed by atoms with Crippen LogP contribution in [0.1, 0.15) is 50.4 Å². The van der Waals surface area contributed by atoms with E-state index in [2.05, 4.69) is 5.32 Å². The molecule has 1 aromatic rings. The minimum atomic E-state index is -0.463. The Morgan fingerprint density at radius 3 is 2.62 bits per heavy atom. The summed E-state index contributed by atoms with van der Waals surface area (Å²) < 4.78 is 10.9. The van der Waals surface area contributed by atoms with E-state index in [1.807, 2.05) is 32.9 Å². The molecule has 1 unspecified atom stereocenters. The van der Waals surface area contributed by atoms with E-state index in [-0.39, 0.29) is 5.97 Å². The summed E-state index contributed by atoms with van der Waals surface area (Å²) in [6.07, 6.45) is 3.76. The molecule has 0 bridgehead atoms. The summed E-state index contributed by atoms with van der Waals surface area (Å²) in [5.41, 5.74) is 1.13. The molecule has 1 fully saturated rings. The fourth-order valence-corrected chi connectivity index (χ4v) is 2.31. The first-order valence-corrected chi connectivity index (χ1v) is 7.63. The molecule has 2 rings (SSSR count). The van der Waals surface area contributed by atoms with Crippen molar-refractivity contribution >= 4 is 11.7 Å². The average Bonchev–Trinajstić information content (AvgIpc) is 2.91. The van der Waals surface area contributed by atoms with Crippen molar-refractivity contribution in [1.82, 2.24) is 0 Å². The van der Waals surface area contributed by atoms with Crippen LogP contribution in [0.25, 0.3) is 0 Å². The molecule has 4 nitrogen and oxygen atoms in total. The largest absolute Gasteiger partial charge is 0.456 e. The molecular weight excluding hydrogens is 266 g/mol. The second kappa shape index (κ2) is 6.94. The number of esters is 1. The first-order chi connectivity index (χ1) is 9.94. The van der Waals surface area contributed by atoms with Crippen molar-refractivity contribution in [2.45, 2.75) is 51.7 Å². The van der Waals surface area contributed by atoms with Crippen LogP contribution in [0, 0.1) is 0 Å². The maximum Gasteiger partial charge on any atom is 0.338 e. The number of anilines is 1. The van der Waals surface area contributed by atoms with Crippen molar-refractivity contribution in [3.8, 4) is 0 Å². The zero-order valence-corrected chi connectivity index (χ0v) is 13.1. The molecule has 4 heteroatoms. The summed E-state index contributed by atoms with van der Waals surface area (Å²) >= 11 is 0. The zero-order valence-electron chi connectivity index (χ0n) is 13.1. The zero-order chi connectivity index (χ0) is 15.3. The van der Waals surface area contributed by atoms with Gasteiger partial charge in [-0.2, -0.15) is 0 Å². The predicted octanol–water partition coefficient (Wildman–Crippen LogP) is 3.62. The van der Waals surface area contributed by atoms with E-state index in [1.165, 1.54) is 12.8 Å². The number of carbonyl (C=O) groups is 1. The summed E-state index contributed by atoms with van der Waals surface area (Å²) in [4.78, 5) is 11.9. The molecule has 0 spiro atoms.